The molecule has 102 valence electrons. The summed E-state index contributed by atoms with van der Waals surface area (Å²) in [5.41, 5.74) is 7.43. The van der Waals surface area contributed by atoms with Crippen molar-refractivity contribution in [1.82, 2.24) is 0 Å². The van der Waals surface area contributed by atoms with E-state index in [4.69, 9.17) is 10.5 Å². The molecule has 4 nitrogen and oxygen atoms in total. The lowest BCUT2D eigenvalue weighted by molar-refractivity contribution is 0.340. The van der Waals surface area contributed by atoms with Crippen LogP contribution in [0.3, 0.4) is 0 Å². The minimum Gasteiger partial charge on any atom is -0.494 e. The molecule has 0 aromatic heterocycles. The van der Waals surface area contributed by atoms with Crippen molar-refractivity contribution in [2.75, 3.05) is 29.7 Å². The van der Waals surface area contributed by atoms with Gasteiger partial charge in [-0.15, -0.1) is 0 Å². The first-order valence-corrected chi connectivity index (χ1v) is 7.84. The maximum atomic E-state index is 11.0. The third kappa shape index (κ3) is 5.40. The molecule has 0 aliphatic carbocycles. The first kappa shape index (κ1) is 14.8. The molecule has 1 aromatic rings. The zero-order chi connectivity index (χ0) is 13.5. The molecule has 0 saturated heterocycles. The second-order valence-electron chi connectivity index (χ2n) is 4.34. The van der Waals surface area contributed by atoms with Gasteiger partial charge < -0.3 is 15.8 Å². The molecule has 2 unspecified atom stereocenters. The maximum absolute atomic E-state index is 11.0. The van der Waals surface area contributed by atoms with Crippen LogP contribution in [0, 0.1) is 0 Å². The van der Waals surface area contributed by atoms with Crippen molar-refractivity contribution in [3.8, 4) is 5.75 Å². The Hall–Kier alpha value is -1.23. The Morgan fingerprint density at radius 1 is 1.44 bits per heavy atom. The molecule has 18 heavy (non-hydrogen) atoms. The quantitative estimate of drug-likeness (QED) is 0.746. The van der Waals surface area contributed by atoms with E-state index in [1.165, 1.54) is 0 Å². The van der Waals surface area contributed by atoms with Gasteiger partial charge in [-0.3, -0.25) is 4.21 Å². The van der Waals surface area contributed by atoms with Gasteiger partial charge in [0.1, 0.15) is 5.75 Å². The van der Waals surface area contributed by atoms with Crippen molar-refractivity contribution in [3.63, 3.8) is 0 Å². The minimum atomic E-state index is -0.745. The average molecular weight is 270 g/mol. The van der Waals surface area contributed by atoms with E-state index < -0.39 is 10.8 Å². The molecule has 0 bridgehead atoms. The van der Waals surface area contributed by atoms with Gasteiger partial charge in [-0.25, -0.2) is 0 Å². The summed E-state index contributed by atoms with van der Waals surface area (Å²) in [5, 5.41) is 3.34. The van der Waals surface area contributed by atoms with Gasteiger partial charge in [0.2, 0.25) is 0 Å². The van der Waals surface area contributed by atoms with E-state index >= 15 is 0 Å². The van der Waals surface area contributed by atoms with Gasteiger partial charge in [0, 0.05) is 52.4 Å². The number of benzene rings is 1. The Balaban J connectivity index is 2.62. The SMILES string of the molecule is CCOc1cc(N)cc(NC(C)CCS(C)=O)c1. The van der Waals surface area contributed by atoms with Crippen molar-refractivity contribution >= 4 is 22.2 Å². The van der Waals surface area contributed by atoms with E-state index in [1.54, 1.807) is 12.3 Å². The molecule has 0 heterocycles. The van der Waals surface area contributed by atoms with Gasteiger partial charge in [0.15, 0.2) is 0 Å². The van der Waals surface area contributed by atoms with E-state index in [1.807, 2.05) is 19.1 Å². The molecule has 0 amide bonds. The highest BCUT2D eigenvalue weighted by Crippen LogP contribution is 2.23. The molecule has 0 aliphatic heterocycles. The predicted molar refractivity (Wildman–Crippen MR) is 78.7 cm³/mol. The lowest BCUT2D eigenvalue weighted by Crippen LogP contribution is -2.18. The first-order chi connectivity index (χ1) is 8.51. The van der Waals surface area contributed by atoms with Gasteiger partial charge in [-0.2, -0.15) is 0 Å². The summed E-state index contributed by atoms with van der Waals surface area (Å²) in [7, 11) is -0.745. The molecule has 0 fully saturated rings. The number of hydrogen-bond donors (Lipinski definition) is 2. The molecular formula is C13H22N2O2S. The predicted octanol–water partition coefficient (Wildman–Crippen LogP) is 2.24. The summed E-state index contributed by atoms with van der Waals surface area (Å²) in [5.74, 6) is 1.47. The van der Waals surface area contributed by atoms with Crippen molar-refractivity contribution < 1.29 is 8.95 Å². The van der Waals surface area contributed by atoms with Crippen LogP contribution in [0.1, 0.15) is 20.3 Å². The van der Waals surface area contributed by atoms with Crippen LogP contribution < -0.4 is 15.8 Å². The van der Waals surface area contributed by atoms with Crippen LogP contribution in [0.2, 0.25) is 0 Å². The fourth-order valence-corrected chi connectivity index (χ4v) is 2.34. The number of nitrogens with one attached hydrogen (secondary N) is 1. The number of nitrogen functional groups attached to an aromatic ring is 1. The number of nitrogens with two attached hydrogens (primary N) is 1. The third-order valence-electron chi connectivity index (χ3n) is 2.49. The molecule has 2 atom stereocenters. The van der Waals surface area contributed by atoms with Gasteiger partial charge in [-0.05, 0) is 26.3 Å². The maximum Gasteiger partial charge on any atom is 0.123 e. The van der Waals surface area contributed by atoms with Crippen molar-refractivity contribution in [2.45, 2.75) is 26.3 Å². The Labute approximate surface area is 111 Å². The molecule has 0 saturated carbocycles. The van der Waals surface area contributed by atoms with Gasteiger partial charge in [0.25, 0.3) is 0 Å². The highest BCUT2D eigenvalue weighted by atomic mass is 32.2. The van der Waals surface area contributed by atoms with Crippen LogP contribution in [-0.2, 0) is 10.8 Å². The highest BCUT2D eigenvalue weighted by Gasteiger charge is 2.05. The summed E-state index contributed by atoms with van der Waals surface area (Å²) in [6, 6.07) is 5.87. The third-order valence-corrected chi connectivity index (χ3v) is 3.30. The summed E-state index contributed by atoms with van der Waals surface area (Å²) >= 11 is 0. The van der Waals surface area contributed by atoms with Crippen LogP contribution in [0.4, 0.5) is 11.4 Å². The van der Waals surface area contributed by atoms with E-state index in [-0.39, 0.29) is 6.04 Å². The Morgan fingerprint density at radius 2 is 2.17 bits per heavy atom. The van der Waals surface area contributed by atoms with Crippen molar-refractivity contribution in [2.24, 2.45) is 0 Å². The highest BCUT2D eigenvalue weighted by molar-refractivity contribution is 7.84. The first-order valence-electron chi connectivity index (χ1n) is 6.11. The smallest absolute Gasteiger partial charge is 0.123 e. The van der Waals surface area contributed by atoms with Gasteiger partial charge >= 0.3 is 0 Å². The molecule has 1 rings (SSSR count). The summed E-state index contributed by atoms with van der Waals surface area (Å²) in [6.45, 7) is 4.62. The number of anilines is 2. The van der Waals surface area contributed by atoms with Crippen LogP contribution in [0.25, 0.3) is 0 Å². The van der Waals surface area contributed by atoms with Crippen LogP contribution in [0.15, 0.2) is 18.2 Å². The second kappa shape index (κ2) is 7.26. The van der Waals surface area contributed by atoms with Crippen LogP contribution in [0.5, 0.6) is 5.75 Å². The number of hydrogen-bond acceptors (Lipinski definition) is 4. The Morgan fingerprint density at radius 3 is 2.78 bits per heavy atom. The molecule has 3 N–H and O–H groups in total. The summed E-state index contributed by atoms with van der Waals surface area (Å²) in [6.07, 6.45) is 2.59. The molecule has 5 heteroatoms. The Kier molecular flexibility index (Phi) is 5.98. The topological polar surface area (TPSA) is 64.3 Å². The lowest BCUT2D eigenvalue weighted by Gasteiger charge is -2.16. The fourth-order valence-electron chi connectivity index (χ4n) is 1.65. The standard InChI is InChI=1S/C13H22N2O2S/c1-4-17-13-8-11(14)7-12(9-13)15-10(2)5-6-18(3)16/h7-10,15H,4-6,14H2,1-3H3. The molecule has 1 aromatic carbocycles. The van der Waals surface area contributed by atoms with Gasteiger partial charge in [0.05, 0.1) is 6.61 Å². The zero-order valence-electron chi connectivity index (χ0n) is 11.2. The molecule has 0 radical (unpaired) electrons. The van der Waals surface area contributed by atoms with E-state index in [2.05, 4.69) is 12.2 Å². The zero-order valence-corrected chi connectivity index (χ0v) is 12.0. The van der Waals surface area contributed by atoms with Crippen LogP contribution >= 0.6 is 0 Å². The second-order valence-corrected chi connectivity index (χ2v) is 5.89. The van der Waals surface area contributed by atoms with Crippen LogP contribution in [-0.4, -0.2) is 28.9 Å². The normalized spacial score (nSPS) is 13.9. The Bertz CT molecular complexity index is 410. The fraction of sp³-hybridized carbons (Fsp3) is 0.538. The van der Waals surface area contributed by atoms with E-state index in [0.717, 1.165) is 17.9 Å². The molecule has 0 spiro atoms. The largest absolute Gasteiger partial charge is 0.494 e. The summed E-state index contributed by atoms with van der Waals surface area (Å²) in [4.78, 5) is 0. The molecule has 0 aliphatic rings. The average Bonchev–Trinajstić information content (AvgIpc) is 2.26. The van der Waals surface area contributed by atoms with Gasteiger partial charge in [-0.1, -0.05) is 0 Å². The lowest BCUT2D eigenvalue weighted by atomic mass is 10.2. The number of rotatable bonds is 7. The van der Waals surface area contributed by atoms with E-state index in [0.29, 0.717) is 18.0 Å². The van der Waals surface area contributed by atoms with E-state index in [9.17, 15) is 4.21 Å². The van der Waals surface area contributed by atoms with Crippen molar-refractivity contribution in [3.05, 3.63) is 18.2 Å². The summed E-state index contributed by atoms with van der Waals surface area (Å²) < 4.78 is 16.5. The number of ether oxygens (including phenoxy) is 1. The monoisotopic (exact) mass is 270 g/mol. The molecular weight excluding hydrogens is 248 g/mol. The van der Waals surface area contributed by atoms with Crippen molar-refractivity contribution in [1.29, 1.82) is 0 Å². The minimum absolute atomic E-state index is 0.255.